The third kappa shape index (κ3) is 10.4. The van der Waals surface area contributed by atoms with Gasteiger partial charge in [-0.05, 0) is 158 Å². The predicted octanol–water partition coefficient (Wildman–Crippen LogP) is 16.1. The van der Waals surface area contributed by atoms with E-state index in [9.17, 15) is 4.79 Å². The van der Waals surface area contributed by atoms with Crippen LogP contribution in [0.25, 0.3) is 16.3 Å². The summed E-state index contributed by atoms with van der Waals surface area (Å²) >= 11 is 0. The van der Waals surface area contributed by atoms with Gasteiger partial charge in [0.25, 0.3) is 0 Å². The highest BCUT2D eigenvalue weighted by atomic mass is 16.5. The highest BCUT2D eigenvalue weighted by Crippen LogP contribution is 2.59. The van der Waals surface area contributed by atoms with Crippen LogP contribution in [-0.4, -0.2) is 11.9 Å². The Morgan fingerprint density at radius 1 is 0.915 bits per heavy atom. The van der Waals surface area contributed by atoms with Crippen LogP contribution in [0.2, 0.25) is 0 Å². The second kappa shape index (κ2) is 17.9. The lowest BCUT2D eigenvalue weighted by Gasteiger charge is -2.38. The fourth-order valence-corrected chi connectivity index (χ4v) is 11.8. The van der Waals surface area contributed by atoms with Crippen molar-refractivity contribution in [2.24, 2.45) is 45.8 Å². The summed E-state index contributed by atoms with van der Waals surface area (Å²) in [5, 5.41) is 2.53. The first kappa shape index (κ1) is 45.1. The van der Waals surface area contributed by atoms with Crippen molar-refractivity contribution >= 4 is 22.1 Å². The van der Waals surface area contributed by atoms with E-state index in [1.165, 1.54) is 86.6 Å². The first-order valence-electron chi connectivity index (χ1n) is 23.6. The second-order valence-corrected chi connectivity index (χ2v) is 22.2. The molecule has 320 valence electrons. The summed E-state index contributed by atoms with van der Waals surface area (Å²) in [5.41, 5.74) is 12.1. The zero-order valence-corrected chi connectivity index (χ0v) is 39.2. The third-order valence-corrected chi connectivity index (χ3v) is 15.1. The molecule has 6 unspecified atom stereocenters. The molecule has 0 N–H and O–H groups in total. The van der Waals surface area contributed by atoms with Crippen molar-refractivity contribution in [2.45, 2.75) is 172 Å². The molecule has 2 nitrogen and oxygen atoms in total. The molecule has 3 saturated carbocycles. The van der Waals surface area contributed by atoms with Crippen molar-refractivity contribution < 1.29 is 9.53 Å². The number of Topliss-reactive ketones (excluding diaryl/α,β-unsaturated/α-hetero) is 1. The van der Waals surface area contributed by atoms with E-state index in [-0.39, 0.29) is 34.2 Å². The third-order valence-electron chi connectivity index (χ3n) is 15.1. The van der Waals surface area contributed by atoms with Crippen molar-refractivity contribution in [1.29, 1.82) is 0 Å². The monoisotopic (exact) mass is 797 g/mol. The summed E-state index contributed by atoms with van der Waals surface area (Å²) in [6.07, 6.45) is 20.9. The van der Waals surface area contributed by atoms with Crippen LogP contribution < -0.4 is 4.74 Å². The van der Waals surface area contributed by atoms with Gasteiger partial charge in [0.15, 0.2) is 0 Å². The fourth-order valence-electron chi connectivity index (χ4n) is 11.8. The molecule has 6 atom stereocenters. The van der Waals surface area contributed by atoms with E-state index in [0.717, 1.165) is 82.3 Å². The van der Waals surface area contributed by atoms with Gasteiger partial charge in [-0.2, -0.15) is 0 Å². The lowest BCUT2D eigenvalue weighted by atomic mass is 9.67. The Bertz CT molecular complexity index is 2010. The molecule has 0 bridgehead atoms. The molecule has 0 aliphatic heterocycles. The molecule has 0 saturated heterocycles. The maximum absolute atomic E-state index is 13.1. The molecule has 0 spiro atoms. The van der Waals surface area contributed by atoms with Gasteiger partial charge in [-0.15, -0.1) is 0 Å². The maximum Gasteiger partial charge on any atom is 0.136 e. The van der Waals surface area contributed by atoms with E-state index in [1.54, 1.807) is 6.92 Å². The molecule has 6 rings (SSSR count). The Morgan fingerprint density at radius 3 is 2.19 bits per heavy atom. The Hall–Kier alpha value is -3.39. The van der Waals surface area contributed by atoms with Gasteiger partial charge in [-0.1, -0.05) is 166 Å². The molecule has 2 heteroatoms. The summed E-state index contributed by atoms with van der Waals surface area (Å²) in [6.45, 7) is 41.6. The summed E-state index contributed by atoms with van der Waals surface area (Å²) in [7, 11) is 0. The zero-order valence-electron chi connectivity index (χ0n) is 39.2. The van der Waals surface area contributed by atoms with Crippen LogP contribution in [0.1, 0.15) is 169 Å². The number of hydrogen-bond donors (Lipinski definition) is 0. The Balaban J connectivity index is 1.33. The number of benzene rings is 2. The molecular formula is C57H80O2. The van der Waals surface area contributed by atoms with Crippen molar-refractivity contribution in [3.8, 4) is 5.75 Å². The van der Waals surface area contributed by atoms with E-state index in [4.69, 9.17) is 17.9 Å². The van der Waals surface area contributed by atoms with E-state index < -0.39 is 0 Å². The largest absolute Gasteiger partial charge is 0.490 e. The van der Waals surface area contributed by atoms with E-state index in [1.807, 2.05) is 0 Å². The number of carbonyl (C=O) groups excluding carboxylic acids is 1. The van der Waals surface area contributed by atoms with Crippen LogP contribution in [0.15, 0.2) is 90.6 Å². The van der Waals surface area contributed by atoms with E-state index >= 15 is 0 Å². The molecule has 4 aliphatic rings. The number of ether oxygens (including phenoxy) is 1. The number of carbonyl (C=O) groups is 1. The average molecular weight is 797 g/mol. The zero-order chi connectivity index (χ0) is 43.0. The predicted molar refractivity (Wildman–Crippen MR) is 255 cm³/mol. The molecule has 59 heavy (non-hydrogen) atoms. The summed E-state index contributed by atoms with van der Waals surface area (Å²) in [6, 6.07) is 9.40. The van der Waals surface area contributed by atoms with Gasteiger partial charge < -0.3 is 4.74 Å². The second-order valence-electron chi connectivity index (χ2n) is 22.2. The number of rotatable bonds is 18. The standard InChI is InChI=1S/C57H80O2/c1-15-44-23-24-49-52(48(44)16-2)29-46(45-22-21-43(28-45)26-37(4)33-55(9,10)11)30-54(49)59-47-31-50(38(5)34-57(41(8)58)35-39(57)6)51(32-47)40(7)53(56(12,13)14)27-36(3)25-42-19-17-18-20-42/h22-24,28-30,39,42,47,50-51,53H,3-5,7,15-21,25-27,31-35H2,1-2,6,8-14H3. The van der Waals surface area contributed by atoms with Gasteiger partial charge >= 0.3 is 0 Å². The van der Waals surface area contributed by atoms with Crippen molar-refractivity contribution in [2.75, 3.05) is 0 Å². The summed E-state index contributed by atoms with van der Waals surface area (Å²) < 4.78 is 7.39. The molecule has 0 amide bonds. The van der Waals surface area contributed by atoms with Gasteiger partial charge in [0.2, 0.25) is 0 Å². The lowest BCUT2D eigenvalue weighted by Crippen LogP contribution is -2.29. The van der Waals surface area contributed by atoms with Crippen LogP contribution >= 0.6 is 0 Å². The normalized spacial score (nSPS) is 25.2. The van der Waals surface area contributed by atoms with Crippen molar-refractivity contribution in [3.05, 3.63) is 107 Å². The molecule has 3 fully saturated rings. The SMILES string of the molecule is C=C(CC1CCCC1)CC(C(=C)C1CC(Oc2cc(C3=CCC(CC(=C)CC(C)(C)C)=C3)cc3c(CC)c(CC)ccc23)CC1C(=C)CC1(C(C)=O)CC1C)C(C)(C)C. The van der Waals surface area contributed by atoms with Crippen LogP contribution in [-0.2, 0) is 17.6 Å². The minimum Gasteiger partial charge on any atom is -0.490 e. The first-order chi connectivity index (χ1) is 27.7. The first-order valence-corrected chi connectivity index (χ1v) is 23.6. The van der Waals surface area contributed by atoms with Gasteiger partial charge in [0, 0.05) is 10.8 Å². The minimum atomic E-state index is -0.251. The summed E-state index contributed by atoms with van der Waals surface area (Å²) in [5.74, 6) is 3.30. The summed E-state index contributed by atoms with van der Waals surface area (Å²) in [4.78, 5) is 13.1. The van der Waals surface area contributed by atoms with Gasteiger partial charge in [-0.3, -0.25) is 4.79 Å². The lowest BCUT2D eigenvalue weighted by molar-refractivity contribution is -0.122. The number of allylic oxidation sites excluding steroid dienone is 8. The topological polar surface area (TPSA) is 26.3 Å². The molecule has 2 aromatic carbocycles. The molecule has 2 aromatic rings. The van der Waals surface area contributed by atoms with Crippen molar-refractivity contribution in [3.63, 3.8) is 0 Å². The van der Waals surface area contributed by atoms with Crippen LogP contribution in [0.4, 0.5) is 0 Å². The van der Waals surface area contributed by atoms with Gasteiger partial charge in [-0.25, -0.2) is 0 Å². The number of fused-ring (bicyclic) bond motifs is 1. The van der Waals surface area contributed by atoms with Crippen LogP contribution in [0.3, 0.4) is 0 Å². The molecular weight excluding hydrogens is 717 g/mol. The molecule has 0 radical (unpaired) electrons. The van der Waals surface area contributed by atoms with Crippen LogP contribution in [0.5, 0.6) is 5.75 Å². The molecule has 4 aliphatic carbocycles. The van der Waals surface area contributed by atoms with E-state index in [2.05, 4.69) is 112 Å². The highest BCUT2D eigenvalue weighted by molar-refractivity contribution is 5.96. The average Bonchev–Trinajstić information content (AvgIpc) is 3.63. The Morgan fingerprint density at radius 2 is 1.59 bits per heavy atom. The number of aryl methyl sites for hydroxylation is 2. The quantitative estimate of drug-likeness (QED) is 0.140. The van der Waals surface area contributed by atoms with Gasteiger partial charge in [0.1, 0.15) is 11.5 Å². The van der Waals surface area contributed by atoms with Crippen LogP contribution in [0, 0.1) is 45.8 Å². The van der Waals surface area contributed by atoms with Gasteiger partial charge in [0.05, 0.1) is 6.10 Å². The Kier molecular flexibility index (Phi) is 13.7. The van der Waals surface area contributed by atoms with E-state index in [0.29, 0.717) is 17.6 Å². The number of ketones is 1. The highest BCUT2D eigenvalue weighted by Gasteiger charge is 2.56. The van der Waals surface area contributed by atoms with Crippen molar-refractivity contribution in [1.82, 2.24) is 0 Å². The number of hydrogen-bond acceptors (Lipinski definition) is 2. The molecule has 0 aromatic heterocycles. The molecule has 0 heterocycles. The Labute approximate surface area is 360 Å². The fraction of sp³-hybridized carbons (Fsp3) is 0.596. The maximum atomic E-state index is 13.1. The smallest absolute Gasteiger partial charge is 0.136 e. The minimum absolute atomic E-state index is 0.0180.